The second-order valence-corrected chi connectivity index (χ2v) is 3.85. The van der Waals surface area contributed by atoms with Crippen LogP contribution >= 0.6 is 7.36 Å². The molecule has 1 fully saturated rings. The minimum absolute atomic E-state index is 0.140. The summed E-state index contributed by atoms with van der Waals surface area (Å²) in [6, 6.07) is -0.701. The van der Waals surface area contributed by atoms with Gasteiger partial charge in [-0.3, -0.25) is 0 Å². The SMILES string of the molecule is [B][C@@H]1O[C@H](CO)C(P=S)[C@@H]1O. The highest BCUT2D eigenvalue weighted by molar-refractivity contribution is 7.96. The maximum absolute atomic E-state index is 9.32. The fourth-order valence-corrected chi connectivity index (χ4v) is 2.43. The highest BCUT2D eigenvalue weighted by Crippen LogP contribution is 2.28. The van der Waals surface area contributed by atoms with Crippen molar-refractivity contribution in [3.8, 4) is 0 Å². The van der Waals surface area contributed by atoms with E-state index >= 15 is 0 Å². The molecular weight excluding hydrogens is 182 g/mol. The van der Waals surface area contributed by atoms with Gasteiger partial charge in [-0.05, 0) is 7.36 Å². The number of aliphatic hydroxyl groups excluding tert-OH is 2. The Balaban J connectivity index is 2.64. The van der Waals surface area contributed by atoms with Crippen LogP contribution in [0.4, 0.5) is 0 Å². The van der Waals surface area contributed by atoms with Gasteiger partial charge in [-0.25, -0.2) is 0 Å². The van der Waals surface area contributed by atoms with Gasteiger partial charge in [0.15, 0.2) is 0 Å². The van der Waals surface area contributed by atoms with Crippen LogP contribution in [0.3, 0.4) is 0 Å². The Morgan fingerprint density at radius 1 is 1.64 bits per heavy atom. The number of aliphatic hydroxyl groups is 2. The molecule has 2 radical (unpaired) electrons. The molecule has 1 heterocycles. The molecule has 1 unspecified atom stereocenters. The third kappa shape index (κ3) is 1.79. The quantitative estimate of drug-likeness (QED) is 0.433. The number of hydrogen-bond acceptors (Lipinski definition) is 4. The van der Waals surface area contributed by atoms with Crippen LogP contribution < -0.4 is 0 Å². The van der Waals surface area contributed by atoms with Crippen LogP contribution in [-0.4, -0.2) is 48.5 Å². The molecule has 0 spiro atoms. The van der Waals surface area contributed by atoms with Crippen LogP contribution in [0.5, 0.6) is 0 Å². The standard InChI is InChI=1S/C5H8BO3PS/c6-5-3(8)4(10-11)2(1-7)9-5/h2-5,7-8H,1H2/t2-,3+,4?,5-/m1/s1. The first-order chi connectivity index (χ1) is 5.20. The molecule has 1 saturated heterocycles. The Morgan fingerprint density at radius 3 is 2.64 bits per heavy atom. The number of hydrogen-bond donors (Lipinski definition) is 2. The lowest BCUT2D eigenvalue weighted by molar-refractivity contribution is 0.0312. The smallest absolute Gasteiger partial charge is 0.112 e. The average molecular weight is 190 g/mol. The van der Waals surface area contributed by atoms with Crippen molar-refractivity contribution in [3.05, 3.63) is 0 Å². The molecule has 0 aromatic heterocycles. The van der Waals surface area contributed by atoms with Crippen molar-refractivity contribution < 1.29 is 14.9 Å². The molecule has 60 valence electrons. The van der Waals surface area contributed by atoms with E-state index in [1.54, 1.807) is 0 Å². The van der Waals surface area contributed by atoms with E-state index in [-0.39, 0.29) is 12.3 Å². The van der Waals surface area contributed by atoms with Crippen LogP contribution in [0.1, 0.15) is 0 Å². The van der Waals surface area contributed by atoms with E-state index < -0.39 is 18.2 Å². The van der Waals surface area contributed by atoms with E-state index in [1.807, 2.05) is 0 Å². The molecule has 2 N–H and O–H groups in total. The van der Waals surface area contributed by atoms with Crippen molar-refractivity contribution in [2.75, 3.05) is 6.61 Å². The first-order valence-electron chi connectivity index (χ1n) is 3.23. The topological polar surface area (TPSA) is 49.7 Å². The third-order valence-electron chi connectivity index (χ3n) is 1.70. The zero-order valence-electron chi connectivity index (χ0n) is 5.75. The highest BCUT2D eigenvalue weighted by Gasteiger charge is 2.39. The van der Waals surface area contributed by atoms with E-state index in [0.717, 1.165) is 0 Å². The summed E-state index contributed by atoms with van der Waals surface area (Å²) >= 11 is 4.75. The minimum Gasteiger partial charge on any atom is -0.394 e. The highest BCUT2D eigenvalue weighted by atomic mass is 32.4. The van der Waals surface area contributed by atoms with Gasteiger partial charge in [0.2, 0.25) is 0 Å². The summed E-state index contributed by atoms with van der Waals surface area (Å²) in [5.74, 6) is 0. The lowest BCUT2D eigenvalue weighted by Gasteiger charge is -2.11. The molecule has 1 aliphatic rings. The average Bonchev–Trinajstić information content (AvgIpc) is 2.28. The first kappa shape index (κ1) is 9.55. The molecule has 1 rings (SSSR count). The monoisotopic (exact) mass is 190 g/mol. The summed E-state index contributed by atoms with van der Waals surface area (Å²) in [4.78, 5) is 0. The van der Waals surface area contributed by atoms with Crippen molar-refractivity contribution in [2.24, 2.45) is 0 Å². The summed E-state index contributed by atoms with van der Waals surface area (Å²) in [5, 5.41) is 18.1. The second-order valence-electron chi connectivity index (χ2n) is 2.41. The molecule has 11 heavy (non-hydrogen) atoms. The largest absolute Gasteiger partial charge is 0.394 e. The molecule has 6 heteroatoms. The molecular formula is C5H8BO3PS. The van der Waals surface area contributed by atoms with Gasteiger partial charge in [0.25, 0.3) is 0 Å². The van der Waals surface area contributed by atoms with Gasteiger partial charge in [-0.1, -0.05) is 11.8 Å². The van der Waals surface area contributed by atoms with Crippen LogP contribution in [-0.2, 0) is 16.5 Å². The Kier molecular flexibility index (Phi) is 3.40. The number of rotatable bonds is 2. The van der Waals surface area contributed by atoms with Gasteiger partial charge in [-0.2, -0.15) is 0 Å². The van der Waals surface area contributed by atoms with Crippen LogP contribution in [0.2, 0.25) is 0 Å². The van der Waals surface area contributed by atoms with Crippen LogP contribution in [0.25, 0.3) is 0 Å². The fourth-order valence-electron chi connectivity index (χ4n) is 1.06. The summed E-state index contributed by atoms with van der Waals surface area (Å²) in [5.41, 5.74) is -0.231. The van der Waals surface area contributed by atoms with E-state index in [4.69, 9.17) is 29.5 Å². The van der Waals surface area contributed by atoms with Gasteiger partial charge in [-0.15, -0.1) is 0 Å². The number of ether oxygens (including phenoxy) is 1. The first-order valence-corrected chi connectivity index (χ1v) is 5.21. The van der Waals surface area contributed by atoms with Crippen molar-refractivity contribution >= 4 is 27.0 Å². The summed E-state index contributed by atoms with van der Waals surface area (Å²) < 4.78 is 5.03. The molecule has 0 aliphatic carbocycles. The molecule has 4 atom stereocenters. The predicted molar refractivity (Wildman–Crippen MR) is 45.6 cm³/mol. The Labute approximate surface area is 73.0 Å². The molecule has 3 nitrogen and oxygen atoms in total. The lowest BCUT2D eigenvalue weighted by atomic mass is 9.94. The van der Waals surface area contributed by atoms with Crippen LogP contribution in [0.15, 0.2) is 0 Å². The molecule has 0 aromatic rings. The molecule has 0 bridgehead atoms. The minimum atomic E-state index is -0.744. The molecule has 0 aromatic carbocycles. The van der Waals surface area contributed by atoms with Gasteiger partial charge in [0.05, 0.1) is 24.5 Å². The van der Waals surface area contributed by atoms with Crippen molar-refractivity contribution in [3.63, 3.8) is 0 Å². The van der Waals surface area contributed by atoms with E-state index in [2.05, 4.69) is 0 Å². The van der Waals surface area contributed by atoms with Crippen molar-refractivity contribution in [1.82, 2.24) is 0 Å². The van der Waals surface area contributed by atoms with Gasteiger partial charge in [0, 0.05) is 6.00 Å². The molecule has 0 saturated carbocycles. The predicted octanol–water partition coefficient (Wildman–Crippen LogP) is -0.990. The third-order valence-corrected chi connectivity index (χ3v) is 3.31. The van der Waals surface area contributed by atoms with E-state index in [9.17, 15) is 5.11 Å². The van der Waals surface area contributed by atoms with Gasteiger partial charge in [0.1, 0.15) is 7.85 Å². The second kappa shape index (κ2) is 3.92. The van der Waals surface area contributed by atoms with E-state index in [1.165, 1.54) is 0 Å². The molecule has 0 amide bonds. The Bertz CT molecular complexity index is 159. The van der Waals surface area contributed by atoms with Crippen molar-refractivity contribution in [2.45, 2.75) is 23.9 Å². The normalized spacial score (nSPS) is 44.9. The molecule has 1 aliphatic heterocycles. The lowest BCUT2D eigenvalue weighted by Crippen LogP contribution is -2.29. The zero-order valence-corrected chi connectivity index (χ0v) is 7.46. The van der Waals surface area contributed by atoms with Crippen molar-refractivity contribution in [1.29, 1.82) is 0 Å². The summed E-state index contributed by atoms with van der Waals surface area (Å²) in [6.07, 6.45) is -1.15. The summed E-state index contributed by atoms with van der Waals surface area (Å²) in [7, 11) is 5.97. The fraction of sp³-hybridized carbons (Fsp3) is 1.00. The Morgan fingerprint density at radius 2 is 2.27 bits per heavy atom. The zero-order chi connectivity index (χ0) is 8.43. The Hall–Kier alpha value is 0.465. The van der Waals surface area contributed by atoms with Crippen LogP contribution in [0, 0.1) is 0 Å². The van der Waals surface area contributed by atoms with Gasteiger partial charge >= 0.3 is 0 Å². The maximum atomic E-state index is 9.32. The van der Waals surface area contributed by atoms with Gasteiger partial charge < -0.3 is 14.9 Å². The maximum Gasteiger partial charge on any atom is 0.112 e. The van der Waals surface area contributed by atoms with E-state index in [0.29, 0.717) is 7.36 Å². The summed E-state index contributed by atoms with van der Waals surface area (Å²) in [6.45, 7) is -0.140.